The number of hydrogen-bond donors (Lipinski definition) is 2. The number of carbonyl (C=O) groups excluding carboxylic acids is 1. The fourth-order valence-corrected chi connectivity index (χ4v) is 3.15. The van der Waals surface area contributed by atoms with Crippen LogP contribution < -0.4 is 5.32 Å². The SMILES string of the molecule is O=C(Nc1ccc(-c2cc[nH]c2)cc1)OC1Cc2ccccc2C1. The Morgan fingerprint density at radius 3 is 2.29 bits per heavy atom. The quantitative estimate of drug-likeness (QED) is 0.752. The maximum atomic E-state index is 12.1. The van der Waals surface area contributed by atoms with Crippen LogP contribution in [0.2, 0.25) is 0 Å². The van der Waals surface area contributed by atoms with Crippen LogP contribution in [0.1, 0.15) is 11.1 Å². The van der Waals surface area contributed by atoms with Crippen molar-refractivity contribution in [2.75, 3.05) is 5.32 Å². The highest BCUT2D eigenvalue weighted by Gasteiger charge is 2.24. The Morgan fingerprint density at radius 2 is 1.67 bits per heavy atom. The van der Waals surface area contributed by atoms with Gasteiger partial charge in [0.15, 0.2) is 0 Å². The lowest BCUT2D eigenvalue weighted by Crippen LogP contribution is -2.22. The lowest BCUT2D eigenvalue weighted by Gasteiger charge is -2.12. The van der Waals surface area contributed by atoms with E-state index < -0.39 is 6.09 Å². The third-order valence-corrected chi connectivity index (χ3v) is 4.35. The van der Waals surface area contributed by atoms with E-state index in [9.17, 15) is 4.79 Å². The summed E-state index contributed by atoms with van der Waals surface area (Å²) < 4.78 is 5.55. The van der Waals surface area contributed by atoms with E-state index in [1.165, 1.54) is 11.1 Å². The van der Waals surface area contributed by atoms with Gasteiger partial charge in [-0.15, -0.1) is 0 Å². The molecule has 0 radical (unpaired) electrons. The minimum atomic E-state index is -0.401. The maximum Gasteiger partial charge on any atom is 0.411 e. The molecule has 0 unspecified atom stereocenters. The predicted molar refractivity (Wildman–Crippen MR) is 94.0 cm³/mol. The van der Waals surface area contributed by atoms with Crippen molar-refractivity contribution in [1.82, 2.24) is 4.98 Å². The van der Waals surface area contributed by atoms with Crippen molar-refractivity contribution in [3.05, 3.63) is 78.1 Å². The third-order valence-electron chi connectivity index (χ3n) is 4.35. The van der Waals surface area contributed by atoms with E-state index in [-0.39, 0.29) is 6.10 Å². The van der Waals surface area contributed by atoms with Crippen molar-refractivity contribution in [3.8, 4) is 11.1 Å². The van der Waals surface area contributed by atoms with Gasteiger partial charge in [0, 0.05) is 30.9 Å². The van der Waals surface area contributed by atoms with E-state index in [2.05, 4.69) is 22.4 Å². The summed E-state index contributed by atoms with van der Waals surface area (Å²) >= 11 is 0. The monoisotopic (exact) mass is 318 g/mol. The summed E-state index contributed by atoms with van der Waals surface area (Å²) in [5, 5.41) is 2.80. The number of H-pyrrole nitrogens is 1. The summed E-state index contributed by atoms with van der Waals surface area (Å²) in [5.74, 6) is 0. The fourth-order valence-electron chi connectivity index (χ4n) is 3.15. The smallest absolute Gasteiger partial charge is 0.411 e. The van der Waals surface area contributed by atoms with Crippen LogP contribution in [0.15, 0.2) is 67.0 Å². The first-order chi connectivity index (χ1) is 11.8. The molecule has 4 heteroatoms. The topological polar surface area (TPSA) is 54.1 Å². The Hall–Kier alpha value is -3.01. The summed E-state index contributed by atoms with van der Waals surface area (Å²) in [7, 11) is 0. The van der Waals surface area contributed by atoms with E-state index in [0.717, 1.165) is 29.7 Å². The highest BCUT2D eigenvalue weighted by atomic mass is 16.6. The molecular formula is C20H18N2O2. The summed E-state index contributed by atoms with van der Waals surface area (Å²) in [6.45, 7) is 0. The van der Waals surface area contributed by atoms with Gasteiger partial charge < -0.3 is 9.72 Å². The van der Waals surface area contributed by atoms with Gasteiger partial charge in [0.2, 0.25) is 0 Å². The summed E-state index contributed by atoms with van der Waals surface area (Å²) in [6.07, 6.45) is 4.92. The van der Waals surface area contributed by atoms with Crippen molar-refractivity contribution in [2.24, 2.45) is 0 Å². The second kappa shape index (κ2) is 6.24. The van der Waals surface area contributed by atoms with Crippen LogP contribution in [0.3, 0.4) is 0 Å². The first kappa shape index (κ1) is 14.6. The zero-order chi connectivity index (χ0) is 16.4. The first-order valence-electron chi connectivity index (χ1n) is 8.05. The Morgan fingerprint density at radius 1 is 0.958 bits per heavy atom. The minimum absolute atomic E-state index is 0.0819. The minimum Gasteiger partial charge on any atom is -0.445 e. The van der Waals surface area contributed by atoms with Gasteiger partial charge >= 0.3 is 6.09 Å². The molecule has 0 spiro atoms. The van der Waals surface area contributed by atoms with Crippen molar-refractivity contribution in [3.63, 3.8) is 0 Å². The van der Waals surface area contributed by atoms with Crippen LogP contribution in [0.5, 0.6) is 0 Å². The van der Waals surface area contributed by atoms with Crippen molar-refractivity contribution in [2.45, 2.75) is 18.9 Å². The molecule has 0 atom stereocenters. The number of ether oxygens (including phenoxy) is 1. The molecule has 1 heterocycles. The van der Waals surface area contributed by atoms with Crippen LogP contribution >= 0.6 is 0 Å². The van der Waals surface area contributed by atoms with Crippen molar-refractivity contribution >= 4 is 11.8 Å². The molecule has 3 aromatic rings. The molecule has 2 aromatic carbocycles. The highest BCUT2D eigenvalue weighted by Crippen LogP contribution is 2.24. The zero-order valence-electron chi connectivity index (χ0n) is 13.2. The lowest BCUT2D eigenvalue weighted by molar-refractivity contribution is 0.116. The zero-order valence-corrected chi connectivity index (χ0v) is 13.2. The number of amides is 1. The van der Waals surface area contributed by atoms with Crippen LogP contribution in [0.4, 0.5) is 10.5 Å². The number of nitrogens with one attached hydrogen (secondary N) is 2. The maximum absolute atomic E-state index is 12.1. The number of benzene rings is 2. The largest absolute Gasteiger partial charge is 0.445 e. The van der Waals surface area contributed by atoms with Gasteiger partial charge in [-0.2, -0.15) is 0 Å². The van der Waals surface area contributed by atoms with Crippen LogP contribution in [-0.2, 0) is 17.6 Å². The Bertz CT molecular complexity index is 813. The molecule has 0 saturated heterocycles. The van der Waals surface area contributed by atoms with Gasteiger partial charge in [0.1, 0.15) is 6.10 Å². The Labute approximate surface area is 140 Å². The van der Waals surface area contributed by atoms with Crippen molar-refractivity contribution in [1.29, 1.82) is 0 Å². The molecule has 2 N–H and O–H groups in total. The van der Waals surface area contributed by atoms with Gasteiger partial charge in [-0.1, -0.05) is 36.4 Å². The second-order valence-corrected chi connectivity index (χ2v) is 6.01. The number of aromatic nitrogens is 1. The lowest BCUT2D eigenvalue weighted by atomic mass is 10.1. The molecule has 24 heavy (non-hydrogen) atoms. The summed E-state index contributed by atoms with van der Waals surface area (Å²) in [6, 6.07) is 18.0. The van der Waals surface area contributed by atoms with Crippen LogP contribution in [-0.4, -0.2) is 17.2 Å². The predicted octanol–water partition coefficient (Wildman–Crippen LogP) is 4.40. The van der Waals surface area contributed by atoms with E-state index in [0.29, 0.717) is 0 Å². The van der Waals surface area contributed by atoms with Crippen LogP contribution in [0.25, 0.3) is 11.1 Å². The van der Waals surface area contributed by atoms with Gasteiger partial charge in [0.05, 0.1) is 0 Å². The molecular weight excluding hydrogens is 300 g/mol. The summed E-state index contributed by atoms with van der Waals surface area (Å²) in [5.41, 5.74) is 5.49. The number of aromatic amines is 1. The molecule has 4 rings (SSSR count). The van der Waals surface area contributed by atoms with Gasteiger partial charge in [-0.25, -0.2) is 4.79 Å². The molecule has 0 saturated carbocycles. The average Bonchev–Trinajstić information content (AvgIpc) is 3.24. The molecule has 1 amide bonds. The number of rotatable bonds is 3. The van der Waals surface area contributed by atoms with Crippen molar-refractivity contribution < 1.29 is 9.53 Å². The molecule has 120 valence electrons. The van der Waals surface area contributed by atoms with Gasteiger partial charge in [0.25, 0.3) is 0 Å². The Kier molecular flexibility index (Phi) is 3.79. The molecule has 0 bridgehead atoms. The molecule has 0 fully saturated rings. The molecule has 1 aromatic heterocycles. The second-order valence-electron chi connectivity index (χ2n) is 6.01. The molecule has 0 aliphatic heterocycles. The van der Waals surface area contributed by atoms with E-state index in [1.54, 1.807) is 0 Å². The number of carbonyl (C=O) groups is 1. The normalized spacial score (nSPS) is 13.5. The van der Waals surface area contributed by atoms with Gasteiger partial charge in [-0.3, -0.25) is 5.32 Å². The molecule has 4 nitrogen and oxygen atoms in total. The first-order valence-corrected chi connectivity index (χ1v) is 8.05. The molecule has 1 aliphatic rings. The number of hydrogen-bond acceptors (Lipinski definition) is 2. The Balaban J connectivity index is 1.35. The average molecular weight is 318 g/mol. The van der Waals surface area contributed by atoms with Gasteiger partial charge in [-0.05, 0) is 40.5 Å². The highest BCUT2D eigenvalue weighted by molar-refractivity contribution is 5.85. The number of anilines is 1. The summed E-state index contributed by atoms with van der Waals surface area (Å²) in [4.78, 5) is 15.1. The van der Waals surface area contributed by atoms with E-state index >= 15 is 0 Å². The standard InChI is InChI=1S/C20H18N2O2/c23-20(24-19-11-15-3-1-2-4-16(15)12-19)22-18-7-5-14(6-8-18)17-9-10-21-13-17/h1-10,13,19,21H,11-12H2,(H,22,23). The fraction of sp³-hybridized carbons (Fsp3) is 0.150. The van der Waals surface area contributed by atoms with E-state index in [1.807, 2.05) is 54.9 Å². The van der Waals surface area contributed by atoms with Crippen LogP contribution in [0, 0.1) is 0 Å². The molecule has 1 aliphatic carbocycles. The third kappa shape index (κ3) is 3.04. The number of fused-ring (bicyclic) bond motifs is 1. The van der Waals surface area contributed by atoms with E-state index in [4.69, 9.17) is 4.74 Å².